The largest absolute Gasteiger partial charge is 0.402 e. The van der Waals surface area contributed by atoms with Crippen molar-refractivity contribution in [2.45, 2.75) is 11.8 Å². The van der Waals surface area contributed by atoms with Crippen molar-refractivity contribution in [3.8, 4) is 0 Å². The fourth-order valence-electron chi connectivity index (χ4n) is 1.04. The van der Waals surface area contributed by atoms with Crippen molar-refractivity contribution in [2.75, 3.05) is 0 Å². The number of aliphatic imine (C=N–C) groups is 1. The number of allylic oxidation sites excluding steroid dienone is 1. The molecule has 0 heterocycles. The molecular weight excluding hydrogens is 208 g/mol. The zero-order valence-corrected chi connectivity index (χ0v) is 9.29. The van der Waals surface area contributed by atoms with E-state index < -0.39 is 0 Å². The van der Waals surface area contributed by atoms with E-state index in [0.717, 1.165) is 10.6 Å². The van der Waals surface area contributed by atoms with Crippen LogP contribution in [0, 0.1) is 0 Å². The predicted octanol–water partition coefficient (Wildman–Crippen LogP) is 1.50. The van der Waals surface area contributed by atoms with Crippen LogP contribution in [0.3, 0.4) is 0 Å². The molecule has 0 saturated heterocycles. The Labute approximate surface area is 93.4 Å². The van der Waals surface area contributed by atoms with Crippen LogP contribution in [0.25, 0.3) is 0 Å². The molecule has 1 rings (SSSR count). The minimum atomic E-state index is 0.383. The maximum absolute atomic E-state index is 5.65. The average Bonchev–Trinajstić information content (AvgIpc) is 2.16. The van der Waals surface area contributed by atoms with Crippen LogP contribution in [0.5, 0.6) is 0 Å². The first-order valence-electron chi connectivity index (χ1n) is 4.36. The molecule has 80 valence electrons. The number of hydrogen-bond donors (Lipinski definition) is 3. The number of nitrogens with zero attached hydrogens (tertiary/aromatic N) is 1. The van der Waals surface area contributed by atoms with Gasteiger partial charge in [-0.2, -0.15) is 0 Å². The second-order valence-corrected chi connectivity index (χ2v) is 3.75. The maximum Gasteiger partial charge on any atom is 0.125 e. The van der Waals surface area contributed by atoms with E-state index in [9.17, 15) is 0 Å². The van der Waals surface area contributed by atoms with Gasteiger partial charge < -0.3 is 11.5 Å². The molecule has 0 aliphatic carbocycles. The third kappa shape index (κ3) is 4.05. The second kappa shape index (κ2) is 5.43. The van der Waals surface area contributed by atoms with Crippen molar-refractivity contribution < 1.29 is 0 Å². The maximum atomic E-state index is 5.65. The van der Waals surface area contributed by atoms with Gasteiger partial charge in [0.2, 0.25) is 0 Å². The minimum absolute atomic E-state index is 0.383. The lowest BCUT2D eigenvalue weighted by Crippen LogP contribution is -2.09. The van der Waals surface area contributed by atoms with E-state index in [1.807, 2.05) is 24.3 Å². The first-order chi connectivity index (χ1) is 7.11. The Morgan fingerprint density at radius 1 is 1.40 bits per heavy atom. The molecule has 0 aromatic heterocycles. The summed E-state index contributed by atoms with van der Waals surface area (Å²) in [5, 5.41) is 5.44. The molecule has 0 spiro atoms. The average molecular weight is 222 g/mol. The molecule has 0 amide bonds. The van der Waals surface area contributed by atoms with Crippen LogP contribution in [0.2, 0.25) is 0 Å². The smallest absolute Gasteiger partial charge is 0.125 e. The van der Waals surface area contributed by atoms with Crippen LogP contribution in [-0.4, -0.2) is 5.84 Å². The van der Waals surface area contributed by atoms with E-state index in [2.05, 4.69) is 4.99 Å². The molecule has 15 heavy (non-hydrogen) atoms. The highest BCUT2D eigenvalue weighted by atomic mass is 32.2. The van der Waals surface area contributed by atoms with Crippen molar-refractivity contribution in [1.29, 1.82) is 0 Å². The summed E-state index contributed by atoms with van der Waals surface area (Å²) in [6.45, 7) is 1.76. The summed E-state index contributed by atoms with van der Waals surface area (Å²) >= 11 is 1.17. The Hall–Kier alpha value is -1.46. The van der Waals surface area contributed by atoms with Crippen molar-refractivity contribution in [3.63, 3.8) is 0 Å². The van der Waals surface area contributed by atoms with Gasteiger partial charge >= 0.3 is 0 Å². The number of benzene rings is 1. The van der Waals surface area contributed by atoms with E-state index in [-0.39, 0.29) is 0 Å². The van der Waals surface area contributed by atoms with Crippen LogP contribution in [0.4, 0.5) is 5.69 Å². The quantitative estimate of drug-likeness (QED) is 0.410. The van der Waals surface area contributed by atoms with Gasteiger partial charge in [0.25, 0.3) is 0 Å². The van der Waals surface area contributed by atoms with Gasteiger partial charge in [-0.1, -0.05) is 6.07 Å². The summed E-state index contributed by atoms with van der Waals surface area (Å²) < 4.78 is 0. The van der Waals surface area contributed by atoms with Gasteiger partial charge in [0.05, 0.1) is 5.69 Å². The fraction of sp³-hybridized carbons (Fsp3) is 0.100. The van der Waals surface area contributed by atoms with Gasteiger partial charge in [0.15, 0.2) is 0 Å². The molecule has 5 heteroatoms. The molecule has 0 atom stereocenters. The summed E-state index contributed by atoms with van der Waals surface area (Å²) in [4.78, 5) is 5.12. The molecular formula is C10H14N4S. The number of nitrogens with two attached hydrogens (primary N) is 3. The molecule has 1 aromatic rings. The number of hydrogen-bond acceptors (Lipinski definition) is 4. The van der Waals surface area contributed by atoms with Gasteiger partial charge in [-0.25, -0.2) is 4.99 Å². The van der Waals surface area contributed by atoms with Gasteiger partial charge in [-0.3, -0.25) is 5.14 Å². The van der Waals surface area contributed by atoms with Crippen molar-refractivity contribution >= 4 is 23.5 Å². The zero-order valence-electron chi connectivity index (χ0n) is 8.47. The van der Waals surface area contributed by atoms with Gasteiger partial charge in [-0.15, -0.1) is 0 Å². The van der Waals surface area contributed by atoms with E-state index >= 15 is 0 Å². The highest BCUT2D eigenvalue weighted by Crippen LogP contribution is 2.19. The summed E-state index contributed by atoms with van der Waals surface area (Å²) in [5.41, 5.74) is 12.5. The second-order valence-electron chi connectivity index (χ2n) is 3.04. The highest BCUT2D eigenvalue weighted by Gasteiger charge is 1.94. The first-order valence-corrected chi connectivity index (χ1v) is 5.24. The van der Waals surface area contributed by atoms with Gasteiger partial charge in [0.1, 0.15) is 5.84 Å². The van der Waals surface area contributed by atoms with Crippen LogP contribution >= 0.6 is 11.9 Å². The number of amidine groups is 1. The Morgan fingerprint density at radius 3 is 2.73 bits per heavy atom. The van der Waals surface area contributed by atoms with Gasteiger partial charge in [0, 0.05) is 10.6 Å². The summed E-state index contributed by atoms with van der Waals surface area (Å²) in [6.07, 6.45) is 1.61. The number of rotatable bonds is 3. The zero-order chi connectivity index (χ0) is 11.3. The van der Waals surface area contributed by atoms with Crippen molar-refractivity contribution in [2.24, 2.45) is 21.6 Å². The molecule has 6 N–H and O–H groups in total. The van der Waals surface area contributed by atoms with Gasteiger partial charge in [-0.05, 0) is 43.1 Å². The Balaban J connectivity index is 2.92. The van der Waals surface area contributed by atoms with E-state index in [0.29, 0.717) is 11.5 Å². The molecule has 0 saturated carbocycles. The lowest BCUT2D eigenvalue weighted by atomic mass is 10.3. The molecule has 0 radical (unpaired) electrons. The normalized spacial score (nSPS) is 12.9. The highest BCUT2D eigenvalue weighted by molar-refractivity contribution is 7.97. The van der Waals surface area contributed by atoms with Crippen LogP contribution in [0.1, 0.15) is 6.92 Å². The molecule has 4 nitrogen and oxygen atoms in total. The monoisotopic (exact) mass is 222 g/mol. The molecule has 0 bridgehead atoms. The minimum Gasteiger partial charge on any atom is -0.402 e. The Bertz CT molecular complexity index is 394. The molecule has 0 aliphatic heterocycles. The summed E-state index contributed by atoms with van der Waals surface area (Å²) in [6, 6.07) is 7.49. The Morgan fingerprint density at radius 2 is 2.13 bits per heavy atom. The summed E-state index contributed by atoms with van der Waals surface area (Å²) in [5.74, 6) is 0.383. The Kier molecular flexibility index (Phi) is 4.20. The van der Waals surface area contributed by atoms with Crippen molar-refractivity contribution in [1.82, 2.24) is 0 Å². The topological polar surface area (TPSA) is 90.4 Å². The van der Waals surface area contributed by atoms with Crippen LogP contribution in [-0.2, 0) is 0 Å². The third-order valence-corrected chi connectivity index (χ3v) is 2.11. The molecule has 1 aromatic carbocycles. The van der Waals surface area contributed by atoms with E-state index in [4.69, 9.17) is 16.6 Å². The molecule has 0 aliphatic rings. The van der Waals surface area contributed by atoms with E-state index in [1.165, 1.54) is 11.9 Å². The fourth-order valence-corrected chi connectivity index (χ4v) is 1.39. The first kappa shape index (κ1) is 11.6. The lowest BCUT2D eigenvalue weighted by molar-refractivity contribution is 1.31. The summed E-state index contributed by atoms with van der Waals surface area (Å²) in [7, 11) is 0. The lowest BCUT2D eigenvalue weighted by Gasteiger charge is -1.99. The van der Waals surface area contributed by atoms with E-state index in [1.54, 1.807) is 13.0 Å². The van der Waals surface area contributed by atoms with Crippen LogP contribution in [0.15, 0.2) is 45.9 Å². The standard InChI is InChI=1S/C10H14N4S/c1-7(11)5-10(12)14-8-3-2-4-9(6-8)15-13/h2-6H,11,13H2,1H3,(H2,12,14). The molecule has 0 fully saturated rings. The SMILES string of the molecule is CC(N)=CC(N)=Nc1cccc(SN)c1. The van der Waals surface area contributed by atoms with Crippen LogP contribution < -0.4 is 16.6 Å². The molecule has 0 unspecified atom stereocenters. The van der Waals surface area contributed by atoms with Crippen molar-refractivity contribution in [3.05, 3.63) is 36.0 Å². The third-order valence-electron chi connectivity index (χ3n) is 1.59. The predicted molar refractivity (Wildman–Crippen MR) is 65.7 cm³/mol.